The van der Waals surface area contributed by atoms with E-state index in [1.165, 1.54) is 0 Å². The molecule has 1 aliphatic heterocycles. The second-order valence-corrected chi connectivity index (χ2v) is 3.17. The molecule has 1 rings (SSSR count). The Labute approximate surface area is 79.1 Å². The molecule has 0 aromatic rings. The number of hydrogen-bond donors (Lipinski definition) is 5. The average molecular weight is 212 g/mol. The third-order valence-corrected chi connectivity index (χ3v) is 2.12. The molecule has 0 aromatic carbocycles. The Morgan fingerprint density at radius 1 is 0.857 bits per heavy atom. The van der Waals surface area contributed by atoms with Crippen LogP contribution in [0.1, 0.15) is 0 Å². The Bertz CT molecular complexity index is 199. The minimum atomic E-state index is -3.66. The fourth-order valence-electron chi connectivity index (χ4n) is 1.21. The van der Waals surface area contributed by atoms with E-state index in [1.807, 2.05) is 0 Å². The summed E-state index contributed by atoms with van der Waals surface area (Å²) in [4.78, 5) is 0.753. The highest BCUT2D eigenvalue weighted by Crippen LogP contribution is 2.20. The van der Waals surface area contributed by atoms with E-state index in [-0.39, 0.29) is 26.2 Å². The van der Waals surface area contributed by atoms with Gasteiger partial charge in [0.1, 0.15) is 0 Å². The van der Waals surface area contributed by atoms with E-state index < -0.39 is 11.9 Å². The second kappa shape index (κ2) is 3.66. The third kappa shape index (κ3) is 2.17. The van der Waals surface area contributed by atoms with Crippen molar-refractivity contribution in [1.82, 2.24) is 10.0 Å². The fraction of sp³-hybridized carbons (Fsp3) is 1.00. The fourth-order valence-corrected chi connectivity index (χ4v) is 1.21. The van der Waals surface area contributed by atoms with E-state index in [4.69, 9.17) is 25.5 Å². The summed E-state index contributed by atoms with van der Waals surface area (Å²) < 4.78 is 12.5. The zero-order chi connectivity index (χ0) is 11.0. The molecule has 8 heteroatoms. The molecule has 0 saturated carbocycles. The predicted molar refractivity (Wildman–Crippen MR) is 40.8 cm³/mol. The van der Waals surface area contributed by atoms with Crippen LogP contribution in [0.3, 0.4) is 0 Å². The highest BCUT2D eigenvalue weighted by molar-refractivity contribution is 4.78. The van der Waals surface area contributed by atoms with Crippen LogP contribution in [-0.2, 0) is 0 Å². The third-order valence-electron chi connectivity index (χ3n) is 2.12. The summed E-state index contributed by atoms with van der Waals surface area (Å²) in [6.07, 6.45) is 0. The molecule has 0 unspecified atom stereocenters. The lowest BCUT2D eigenvalue weighted by molar-refractivity contribution is -0.487. The average Bonchev–Trinajstić information content (AvgIpc) is 2.03. The molecule has 0 atom stereocenters. The predicted octanol–water partition coefficient (Wildman–Crippen LogP) is -3.24. The molecule has 1 heterocycles. The van der Waals surface area contributed by atoms with E-state index in [2.05, 4.69) is 0 Å². The first kappa shape index (κ1) is 11.7. The van der Waals surface area contributed by atoms with Gasteiger partial charge in [0.05, 0.1) is 0 Å². The molecule has 0 spiro atoms. The molecule has 0 bridgehead atoms. The second-order valence-electron chi connectivity index (χ2n) is 3.17. The van der Waals surface area contributed by atoms with Crippen molar-refractivity contribution in [3.63, 3.8) is 0 Å². The number of piperazine rings is 1. The molecule has 0 aromatic heterocycles. The molecular formula is C6H13FN2O5. The molecule has 0 amide bonds. The van der Waals surface area contributed by atoms with E-state index in [0.29, 0.717) is 5.12 Å². The van der Waals surface area contributed by atoms with Gasteiger partial charge in [-0.05, 0) is 0 Å². The van der Waals surface area contributed by atoms with Gasteiger partial charge in [-0.2, -0.15) is 0 Å². The van der Waals surface area contributed by atoms with Gasteiger partial charge >= 0.3 is 11.9 Å². The van der Waals surface area contributed by atoms with Gasteiger partial charge in [-0.1, -0.05) is 0 Å². The van der Waals surface area contributed by atoms with Crippen LogP contribution in [0, 0.1) is 0 Å². The van der Waals surface area contributed by atoms with Gasteiger partial charge in [-0.3, -0.25) is 0 Å². The molecule has 5 N–H and O–H groups in total. The Kier molecular flexibility index (Phi) is 3.07. The summed E-state index contributed by atoms with van der Waals surface area (Å²) in [6.45, 7) is -0.516. The van der Waals surface area contributed by atoms with Gasteiger partial charge in [0.2, 0.25) is 0 Å². The van der Waals surface area contributed by atoms with Crippen LogP contribution in [0.15, 0.2) is 0 Å². The van der Waals surface area contributed by atoms with E-state index in [1.54, 1.807) is 0 Å². The summed E-state index contributed by atoms with van der Waals surface area (Å²) in [5, 5.41) is 44.6. The molecule has 84 valence electrons. The maximum absolute atomic E-state index is 12.5. The maximum Gasteiger partial charge on any atom is 0.349 e. The van der Waals surface area contributed by atoms with Crippen molar-refractivity contribution in [2.75, 3.05) is 26.2 Å². The van der Waals surface area contributed by atoms with Gasteiger partial charge in [-0.15, -0.1) is 9.60 Å². The largest absolute Gasteiger partial charge is 0.349 e. The molecule has 1 aliphatic rings. The lowest BCUT2D eigenvalue weighted by Gasteiger charge is -2.41. The van der Waals surface area contributed by atoms with Crippen molar-refractivity contribution in [1.29, 1.82) is 0 Å². The number of hydrogen-bond acceptors (Lipinski definition) is 7. The van der Waals surface area contributed by atoms with Crippen molar-refractivity contribution < 1.29 is 30.0 Å². The van der Waals surface area contributed by atoms with Crippen LogP contribution in [0.2, 0.25) is 0 Å². The summed E-state index contributed by atoms with van der Waals surface area (Å²) in [5.41, 5.74) is 0. The smallest absolute Gasteiger partial charge is 0.347 e. The Balaban J connectivity index is 2.65. The van der Waals surface area contributed by atoms with Crippen molar-refractivity contribution in [3.8, 4) is 0 Å². The number of nitrogens with zero attached hydrogens (tertiary/aromatic N) is 2. The zero-order valence-electron chi connectivity index (χ0n) is 7.34. The van der Waals surface area contributed by atoms with Gasteiger partial charge in [-0.25, -0.2) is 4.90 Å². The van der Waals surface area contributed by atoms with Crippen molar-refractivity contribution in [3.05, 3.63) is 0 Å². The van der Waals surface area contributed by atoms with Gasteiger partial charge < -0.3 is 25.5 Å². The lowest BCUT2D eigenvalue weighted by atomic mass is 10.2. The van der Waals surface area contributed by atoms with Gasteiger partial charge in [0.15, 0.2) is 0 Å². The van der Waals surface area contributed by atoms with E-state index >= 15 is 0 Å². The summed E-state index contributed by atoms with van der Waals surface area (Å²) >= 11 is 0. The number of halogens is 1. The van der Waals surface area contributed by atoms with Crippen LogP contribution in [-0.4, -0.2) is 73.6 Å². The summed E-state index contributed by atoms with van der Waals surface area (Å²) in [7, 11) is 0. The highest BCUT2D eigenvalue weighted by atomic mass is 19.2. The van der Waals surface area contributed by atoms with E-state index in [9.17, 15) is 4.48 Å². The van der Waals surface area contributed by atoms with Crippen LogP contribution in [0.25, 0.3) is 0 Å². The minimum Gasteiger partial charge on any atom is -0.347 e. The molecule has 7 nitrogen and oxygen atoms in total. The monoisotopic (exact) mass is 212 g/mol. The molecule has 1 saturated heterocycles. The van der Waals surface area contributed by atoms with Crippen LogP contribution in [0.5, 0.6) is 0 Å². The SMILES string of the molecule is OC(O)(O)C(O)(O)N1CCN(F)CC1. The van der Waals surface area contributed by atoms with Crippen molar-refractivity contribution in [2.45, 2.75) is 11.9 Å². The molecule has 14 heavy (non-hydrogen) atoms. The van der Waals surface area contributed by atoms with Crippen LogP contribution < -0.4 is 0 Å². The quantitative estimate of drug-likeness (QED) is 0.242. The lowest BCUT2D eigenvalue weighted by Crippen LogP contribution is -2.67. The maximum atomic E-state index is 12.5. The molecule has 1 fully saturated rings. The minimum absolute atomic E-state index is 0.112. The van der Waals surface area contributed by atoms with Gasteiger partial charge in [0.25, 0.3) is 0 Å². The van der Waals surface area contributed by atoms with Crippen LogP contribution >= 0.6 is 0 Å². The summed E-state index contributed by atoms with van der Waals surface area (Å²) in [5.74, 6) is -6.86. The molecule has 0 aliphatic carbocycles. The molecular weight excluding hydrogens is 199 g/mol. The number of rotatable bonds is 2. The standard InChI is InChI=1S/C6H13FN2O5/c7-9-3-1-8(2-4-9)5(10,11)6(12,13)14/h10-14H,1-4H2. The zero-order valence-corrected chi connectivity index (χ0v) is 7.34. The van der Waals surface area contributed by atoms with Crippen LogP contribution in [0.4, 0.5) is 4.48 Å². The topological polar surface area (TPSA) is 108 Å². The first-order chi connectivity index (χ1) is 6.25. The normalized spacial score (nSPS) is 22.7. The summed E-state index contributed by atoms with van der Waals surface area (Å²) in [6, 6.07) is 0. The number of aliphatic hydroxyl groups is 5. The Morgan fingerprint density at radius 2 is 1.29 bits per heavy atom. The van der Waals surface area contributed by atoms with Gasteiger partial charge in [0, 0.05) is 26.2 Å². The first-order valence-electron chi connectivity index (χ1n) is 4.03. The Hall–Kier alpha value is -0.350. The molecule has 0 radical (unpaired) electrons. The Morgan fingerprint density at radius 3 is 1.64 bits per heavy atom. The van der Waals surface area contributed by atoms with E-state index in [0.717, 1.165) is 4.90 Å². The van der Waals surface area contributed by atoms with Crippen molar-refractivity contribution in [2.24, 2.45) is 0 Å². The highest BCUT2D eigenvalue weighted by Gasteiger charge is 2.52. The van der Waals surface area contributed by atoms with Crippen molar-refractivity contribution >= 4 is 0 Å². The first-order valence-corrected chi connectivity index (χ1v) is 4.03.